The van der Waals surface area contributed by atoms with Gasteiger partial charge in [0.05, 0.1) is 11.1 Å². The smallest absolute Gasteiger partial charge is 0.363 e. The summed E-state index contributed by atoms with van der Waals surface area (Å²) in [5.41, 5.74) is 2.62. The van der Waals surface area contributed by atoms with E-state index in [1.165, 1.54) is 0 Å². The minimum atomic E-state index is -0.509. The largest absolute Gasteiger partial charge is 0.490 e. The van der Waals surface area contributed by atoms with Crippen LogP contribution in [0, 0.1) is 0 Å². The first kappa shape index (κ1) is 23.5. The SMILES string of the molecule is CCOc1cc(/C=C2\N=C(c3ccc(Br)cc3)OC2=O)cc(Br)c1OCc1ccc(Cl)cc1. The first-order valence-electron chi connectivity index (χ1n) is 10.0. The molecule has 0 saturated heterocycles. The summed E-state index contributed by atoms with van der Waals surface area (Å²) in [6, 6.07) is 18.5. The topological polar surface area (TPSA) is 57.1 Å². The van der Waals surface area contributed by atoms with Gasteiger partial charge >= 0.3 is 5.97 Å². The Morgan fingerprint density at radius 1 is 1.03 bits per heavy atom. The number of esters is 1. The number of hydrogen-bond donors (Lipinski definition) is 0. The lowest BCUT2D eigenvalue weighted by molar-refractivity contribution is -0.129. The van der Waals surface area contributed by atoms with Crippen molar-refractivity contribution in [2.75, 3.05) is 6.61 Å². The van der Waals surface area contributed by atoms with Crippen LogP contribution in [0.5, 0.6) is 11.5 Å². The van der Waals surface area contributed by atoms with Crippen LogP contribution < -0.4 is 9.47 Å². The van der Waals surface area contributed by atoms with E-state index < -0.39 is 5.97 Å². The minimum absolute atomic E-state index is 0.206. The number of halogens is 3. The van der Waals surface area contributed by atoms with E-state index in [0.717, 1.165) is 21.2 Å². The molecule has 1 aliphatic rings. The molecule has 33 heavy (non-hydrogen) atoms. The van der Waals surface area contributed by atoms with Crippen molar-refractivity contribution in [3.05, 3.63) is 97.0 Å². The lowest BCUT2D eigenvalue weighted by atomic mass is 10.1. The van der Waals surface area contributed by atoms with E-state index in [4.69, 9.17) is 25.8 Å². The number of nitrogens with zero attached hydrogens (tertiary/aromatic N) is 1. The average molecular weight is 592 g/mol. The molecule has 8 heteroatoms. The molecule has 0 unspecified atom stereocenters. The number of ether oxygens (including phenoxy) is 3. The summed E-state index contributed by atoms with van der Waals surface area (Å²) < 4.78 is 18.8. The molecule has 0 bridgehead atoms. The molecule has 0 fully saturated rings. The molecule has 1 aliphatic heterocycles. The molecule has 4 rings (SSSR count). The van der Waals surface area contributed by atoms with Gasteiger partial charge in [0.15, 0.2) is 17.2 Å². The summed E-state index contributed by atoms with van der Waals surface area (Å²) in [6.45, 7) is 2.70. The van der Waals surface area contributed by atoms with Gasteiger partial charge in [-0.2, -0.15) is 0 Å². The normalized spacial score (nSPS) is 14.2. The fourth-order valence-electron chi connectivity index (χ4n) is 3.09. The average Bonchev–Trinajstić information content (AvgIpc) is 3.15. The van der Waals surface area contributed by atoms with Crippen LogP contribution in [0.4, 0.5) is 0 Å². The van der Waals surface area contributed by atoms with Gasteiger partial charge in [0, 0.05) is 15.1 Å². The molecule has 0 amide bonds. The van der Waals surface area contributed by atoms with Crippen molar-refractivity contribution in [2.45, 2.75) is 13.5 Å². The monoisotopic (exact) mass is 589 g/mol. The van der Waals surface area contributed by atoms with E-state index in [-0.39, 0.29) is 11.6 Å². The van der Waals surface area contributed by atoms with Crippen molar-refractivity contribution in [3.63, 3.8) is 0 Å². The molecule has 1 heterocycles. The number of hydrogen-bond acceptors (Lipinski definition) is 5. The Labute approximate surface area is 213 Å². The highest BCUT2D eigenvalue weighted by atomic mass is 79.9. The zero-order chi connectivity index (χ0) is 23.4. The van der Waals surface area contributed by atoms with E-state index in [0.29, 0.717) is 34.2 Å². The zero-order valence-corrected chi connectivity index (χ0v) is 21.4. The predicted molar refractivity (Wildman–Crippen MR) is 136 cm³/mol. The van der Waals surface area contributed by atoms with Gasteiger partial charge in [-0.25, -0.2) is 9.79 Å². The molecule has 0 N–H and O–H groups in total. The van der Waals surface area contributed by atoms with Gasteiger partial charge in [-0.05, 0) is 88.6 Å². The second-order valence-electron chi connectivity index (χ2n) is 7.02. The number of cyclic esters (lactones) is 1. The highest BCUT2D eigenvalue weighted by Gasteiger charge is 2.24. The third-order valence-electron chi connectivity index (χ3n) is 4.64. The molecule has 0 saturated carbocycles. The number of aliphatic imine (C=N–C) groups is 1. The lowest BCUT2D eigenvalue weighted by Crippen LogP contribution is -2.05. The van der Waals surface area contributed by atoms with E-state index in [9.17, 15) is 4.79 Å². The Bertz CT molecular complexity index is 1240. The van der Waals surface area contributed by atoms with Crippen molar-refractivity contribution < 1.29 is 19.0 Å². The summed E-state index contributed by atoms with van der Waals surface area (Å²) in [6.07, 6.45) is 1.66. The van der Waals surface area contributed by atoms with Gasteiger partial charge in [-0.1, -0.05) is 39.7 Å². The Balaban J connectivity index is 1.60. The van der Waals surface area contributed by atoms with Gasteiger partial charge in [0.2, 0.25) is 5.90 Å². The van der Waals surface area contributed by atoms with E-state index in [1.807, 2.05) is 61.5 Å². The van der Waals surface area contributed by atoms with E-state index in [1.54, 1.807) is 12.1 Å². The van der Waals surface area contributed by atoms with Crippen LogP contribution in [0.25, 0.3) is 6.08 Å². The molecule has 0 spiro atoms. The maximum Gasteiger partial charge on any atom is 0.363 e. The van der Waals surface area contributed by atoms with Gasteiger partial charge in [-0.15, -0.1) is 0 Å². The van der Waals surface area contributed by atoms with Crippen LogP contribution in [-0.4, -0.2) is 18.5 Å². The molecule has 0 atom stereocenters. The third kappa shape index (κ3) is 5.85. The third-order valence-corrected chi connectivity index (χ3v) is 6.01. The van der Waals surface area contributed by atoms with Crippen molar-refractivity contribution in [2.24, 2.45) is 4.99 Å². The van der Waals surface area contributed by atoms with Crippen LogP contribution in [0.15, 0.2) is 80.3 Å². The molecule has 168 valence electrons. The summed E-state index contributed by atoms with van der Waals surface area (Å²) >= 11 is 12.9. The van der Waals surface area contributed by atoms with Crippen LogP contribution >= 0.6 is 43.5 Å². The molecule has 0 aliphatic carbocycles. The minimum Gasteiger partial charge on any atom is -0.490 e. The highest BCUT2D eigenvalue weighted by Crippen LogP contribution is 2.38. The molecule has 3 aromatic carbocycles. The Kier molecular flexibility index (Phi) is 7.53. The molecular weight excluding hydrogens is 574 g/mol. The Morgan fingerprint density at radius 2 is 1.76 bits per heavy atom. The van der Waals surface area contributed by atoms with Crippen LogP contribution in [0.2, 0.25) is 5.02 Å². The van der Waals surface area contributed by atoms with Gasteiger partial charge in [0.1, 0.15) is 6.61 Å². The maximum atomic E-state index is 12.4. The quantitative estimate of drug-likeness (QED) is 0.216. The van der Waals surface area contributed by atoms with Gasteiger partial charge in [0.25, 0.3) is 0 Å². The molecule has 5 nitrogen and oxygen atoms in total. The maximum absolute atomic E-state index is 12.4. The predicted octanol–water partition coefficient (Wildman–Crippen LogP) is 7.19. The first-order chi connectivity index (χ1) is 15.9. The fourth-order valence-corrected chi connectivity index (χ4v) is 4.06. The van der Waals surface area contributed by atoms with Crippen molar-refractivity contribution >= 4 is 61.4 Å². The van der Waals surface area contributed by atoms with Gasteiger partial charge in [-0.3, -0.25) is 0 Å². The van der Waals surface area contributed by atoms with Crippen molar-refractivity contribution in [1.29, 1.82) is 0 Å². The van der Waals surface area contributed by atoms with Crippen LogP contribution in [0.3, 0.4) is 0 Å². The Morgan fingerprint density at radius 3 is 2.45 bits per heavy atom. The number of benzene rings is 3. The van der Waals surface area contributed by atoms with Crippen molar-refractivity contribution in [3.8, 4) is 11.5 Å². The molecule has 0 aromatic heterocycles. The summed E-state index contributed by atoms with van der Waals surface area (Å²) in [5.74, 6) is 0.883. The highest BCUT2D eigenvalue weighted by molar-refractivity contribution is 9.10. The lowest BCUT2D eigenvalue weighted by Gasteiger charge is -2.15. The summed E-state index contributed by atoms with van der Waals surface area (Å²) in [7, 11) is 0. The van der Waals surface area contributed by atoms with Gasteiger partial charge < -0.3 is 14.2 Å². The number of rotatable bonds is 7. The van der Waals surface area contributed by atoms with Crippen molar-refractivity contribution in [1.82, 2.24) is 0 Å². The number of carbonyl (C=O) groups excluding carboxylic acids is 1. The second kappa shape index (κ2) is 10.5. The zero-order valence-electron chi connectivity index (χ0n) is 17.5. The summed E-state index contributed by atoms with van der Waals surface area (Å²) in [4.78, 5) is 16.8. The molecule has 3 aromatic rings. The van der Waals surface area contributed by atoms with E-state index in [2.05, 4.69) is 36.9 Å². The van der Waals surface area contributed by atoms with Crippen LogP contribution in [-0.2, 0) is 16.1 Å². The number of carbonyl (C=O) groups is 1. The second-order valence-corrected chi connectivity index (χ2v) is 9.23. The molecule has 0 radical (unpaired) electrons. The fraction of sp³-hybridized carbons (Fsp3) is 0.120. The van der Waals surface area contributed by atoms with E-state index >= 15 is 0 Å². The standard InChI is InChI=1S/C25H18Br2ClNO4/c1-2-31-22-13-16(11-20(27)23(22)32-14-15-3-9-19(28)10-4-15)12-21-25(30)33-24(29-21)17-5-7-18(26)8-6-17/h3-13H,2,14H2,1H3/b21-12-. The van der Waals surface area contributed by atoms with Crippen LogP contribution in [0.1, 0.15) is 23.6 Å². The summed E-state index contributed by atoms with van der Waals surface area (Å²) in [5, 5.41) is 0.670. The first-order valence-corrected chi connectivity index (χ1v) is 12.0. The Hall–Kier alpha value is -2.61. The molecular formula is C25H18Br2ClNO4.